The third-order valence-corrected chi connectivity index (χ3v) is 5.58. The fourth-order valence-electron chi connectivity index (χ4n) is 4.37. The molecule has 0 radical (unpaired) electrons. The van der Waals surface area contributed by atoms with E-state index < -0.39 is 6.04 Å². The Morgan fingerprint density at radius 1 is 1.00 bits per heavy atom. The van der Waals surface area contributed by atoms with Crippen molar-refractivity contribution in [3.63, 3.8) is 0 Å². The highest BCUT2D eigenvalue weighted by molar-refractivity contribution is 5.88. The third-order valence-electron chi connectivity index (χ3n) is 5.58. The number of primary amides is 1. The summed E-state index contributed by atoms with van der Waals surface area (Å²) in [7, 11) is 0. The molecule has 0 aliphatic carbocycles. The summed E-state index contributed by atoms with van der Waals surface area (Å²) in [5.74, 6) is -0.287. The predicted molar refractivity (Wildman–Crippen MR) is 80.0 cm³/mol. The van der Waals surface area contributed by atoms with Gasteiger partial charge in [-0.05, 0) is 38.5 Å². The Kier molecular flexibility index (Phi) is 4.68. The van der Waals surface area contributed by atoms with Crippen LogP contribution in [-0.4, -0.2) is 55.7 Å². The molecule has 1 spiro atoms. The fraction of sp³-hybridized carbons (Fsp3) is 0.875. The molecule has 3 aliphatic heterocycles. The van der Waals surface area contributed by atoms with Crippen LogP contribution in [0.2, 0.25) is 0 Å². The zero-order valence-electron chi connectivity index (χ0n) is 13.1. The van der Waals surface area contributed by atoms with E-state index in [0.717, 1.165) is 38.5 Å². The Labute approximate surface area is 131 Å². The molecule has 0 aromatic rings. The van der Waals surface area contributed by atoms with E-state index in [1.165, 1.54) is 0 Å². The summed E-state index contributed by atoms with van der Waals surface area (Å²) >= 11 is 0. The Bertz CT molecular complexity index is 422. The second-order valence-corrected chi connectivity index (χ2v) is 6.80. The molecule has 0 aromatic carbocycles. The van der Waals surface area contributed by atoms with Gasteiger partial charge >= 0.3 is 0 Å². The van der Waals surface area contributed by atoms with Crippen molar-refractivity contribution in [2.75, 3.05) is 33.0 Å². The zero-order valence-corrected chi connectivity index (χ0v) is 13.1. The van der Waals surface area contributed by atoms with E-state index in [0.29, 0.717) is 33.0 Å². The molecule has 1 atom stereocenters. The summed E-state index contributed by atoms with van der Waals surface area (Å²) in [6.45, 7) is 3.22. The first-order valence-corrected chi connectivity index (χ1v) is 8.39. The molecule has 3 fully saturated rings. The molecule has 0 saturated carbocycles. The van der Waals surface area contributed by atoms with Crippen molar-refractivity contribution >= 4 is 11.8 Å². The largest absolute Gasteiger partial charge is 0.381 e. The molecule has 0 aromatic heterocycles. The van der Waals surface area contributed by atoms with Gasteiger partial charge in [0, 0.05) is 44.3 Å². The van der Waals surface area contributed by atoms with Crippen LogP contribution in [0.1, 0.15) is 38.5 Å². The van der Waals surface area contributed by atoms with Crippen molar-refractivity contribution in [3.05, 3.63) is 0 Å². The minimum atomic E-state index is -0.472. The molecule has 2 N–H and O–H groups in total. The van der Waals surface area contributed by atoms with Crippen LogP contribution in [0.25, 0.3) is 0 Å². The molecular weight excluding hydrogens is 284 g/mol. The van der Waals surface area contributed by atoms with Crippen molar-refractivity contribution in [1.29, 1.82) is 0 Å². The van der Waals surface area contributed by atoms with E-state index in [1.54, 1.807) is 4.90 Å². The third kappa shape index (κ3) is 2.86. The van der Waals surface area contributed by atoms with Gasteiger partial charge < -0.3 is 20.1 Å². The number of ether oxygens (including phenoxy) is 2. The first kappa shape index (κ1) is 15.7. The van der Waals surface area contributed by atoms with Gasteiger partial charge in [-0.15, -0.1) is 0 Å². The van der Waals surface area contributed by atoms with Gasteiger partial charge in [0.15, 0.2) is 0 Å². The van der Waals surface area contributed by atoms with E-state index in [2.05, 4.69) is 0 Å². The quantitative estimate of drug-likeness (QED) is 0.813. The summed E-state index contributed by atoms with van der Waals surface area (Å²) < 4.78 is 10.8. The number of rotatable bonds is 2. The van der Waals surface area contributed by atoms with E-state index in [9.17, 15) is 9.59 Å². The van der Waals surface area contributed by atoms with Gasteiger partial charge in [0.25, 0.3) is 0 Å². The molecule has 6 nitrogen and oxygen atoms in total. The Hall–Kier alpha value is -1.14. The Morgan fingerprint density at radius 3 is 2.27 bits per heavy atom. The minimum Gasteiger partial charge on any atom is -0.381 e. The molecule has 0 bridgehead atoms. The normalized spacial score (nSPS) is 29.5. The standard InChI is InChI=1S/C16H26N2O4/c17-14(19)13-16(5-10-22-11-6-16)4-1-7-18(13)15(20)12-2-8-21-9-3-12/h12-13H,1-11H2,(H2,17,19). The summed E-state index contributed by atoms with van der Waals surface area (Å²) in [5.41, 5.74) is 5.55. The molecule has 3 aliphatic rings. The maximum absolute atomic E-state index is 12.9. The van der Waals surface area contributed by atoms with Crippen LogP contribution in [0.3, 0.4) is 0 Å². The Balaban J connectivity index is 1.81. The van der Waals surface area contributed by atoms with Gasteiger partial charge in [0.05, 0.1) is 0 Å². The number of piperidine rings is 1. The molecule has 1 unspecified atom stereocenters. The van der Waals surface area contributed by atoms with Crippen molar-refractivity contribution in [3.8, 4) is 0 Å². The monoisotopic (exact) mass is 310 g/mol. The summed E-state index contributed by atoms with van der Waals surface area (Å²) in [6, 6.07) is -0.472. The number of likely N-dealkylation sites (tertiary alicyclic amines) is 1. The highest BCUT2D eigenvalue weighted by Gasteiger charge is 2.50. The van der Waals surface area contributed by atoms with Gasteiger partial charge in [-0.1, -0.05) is 0 Å². The number of hydrogen-bond donors (Lipinski definition) is 1. The SMILES string of the molecule is NC(=O)C1N(C(=O)C2CCOCC2)CCCC12CCOCC2. The van der Waals surface area contributed by atoms with E-state index in [4.69, 9.17) is 15.2 Å². The molecule has 3 heterocycles. The van der Waals surface area contributed by atoms with Crippen LogP contribution in [0, 0.1) is 11.3 Å². The van der Waals surface area contributed by atoms with Crippen LogP contribution < -0.4 is 5.73 Å². The first-order valence-electron chi connectivity index (χ1n) is 8.39. The summed E-state index contributed by atoms with van der Waals surface area (Å²) in [6.07, 6.45) is 5.03. The fourth-order valence-corrected chi connectivity index (χ4v) is 4.37. The van der Waals surface area contributed by atoms with Crippen molar-refractivity contribution in [1.82, 2.24) is 4.90 Å². The van der Waals surface area contributed by atoms with Gasteiger partial charge in [-0.25, -0.2) is 0 Å². The second kappa shape index (κ2) is 6.54. The molecule has 124 valence electrons. The zero-order chi connectivity index (χ0) is 15.6. The van der Waals surface area contributed by atoms with Gasteiger partial charge in [-0.3, -0.25) is 9.59 Å². The number of hydrogen-bond acceptors (Lipinski definition) is 4. The van der Waals surface area contributed by atoms with Gasteiger partial charge in [-0.2, -0.15) is 0 Å². The summed E-state index contributed by atoms with van der Waals surface area (Å²) in [4.78, 5) is 26.9. The molecular formula is C16H26N2O4. The molecule has 22 heavy (non-hydrogen) atoms. The van der Waals surface area contributed by atoms with Crippen molar-refractivity contribution in [2.24, 2.45) is 17.1 Å². The highest BCUT2D eigenvalue weighted by Crippen LogP contribution is 2.44. The van der Waals surface area contributed by atoms with Crippen molar-refractivity contribution in [2.45, 2.75) is 44.6 Å². The molecule has 3 saturated heterocycles. The second-order valence-electron chi connectivity index (χ2n) is 6.80. The molecule has 6 heteroatoms. The maximum atomic E-state index is 12.9. The Morgan fingerprint density at radius 2 is 1.64 bits per heavy atom. The minimum absolute atomic E-state index is 0.0226. The van der Waals surface area contributed by atoms with Crippen molar-refractivity contribution < 1.29 is 19.1 Å². The lowest BCUT2D eigenvalue weighted by Crippen LogP contribution is -2.62. The van der Waals surface area contributed by atoms with E-state index in [-0.39, 0.29) is 23.1 Å². The number of nitrogens with two attached hydrogens (primary N) is 1. The first-order chi connectivity index (χ1) is 10.6. The van der Waals surface area contributed by atoms with Crippen LogP contribution >= 0.6 is 0 Å². The predicted octanol–water partition coefficient (Wildman–Crippen LogP) is 0.686. The van der Waals surface area contributed by atoms with Gasteiger partial charge in [0.2, 0.25) is 11.8 Å². The topological polar surface area (TPSA) is 81.9 Å². The van der Waals surface area contributed by atoms with Gasteiger partial charge in [0.1, 0.15) is 6.04 Å². The average Bonchev–Trinajstić information content (AvgIpc) is 2.55. The van der Waals surface area contributed by atoms with Crippen LogP contribution in [-0.2, 0) is 19.1 Å². The summed E-state index contributed by atoms with van der Waals surface area (Å²) in [5, 5.41) is 0. The highest BCUT2D eigenvalue weighted by atomic mass is 16.5. The number of carbonyl (C=O) groups is 2. The smallest absolute Gasteiger partial charge is 0.240 e. The lowest BCUT2D eigenvalue weighted by molar-refractivity contribution is -0.158. The molecule has 2 amide bonds. The van der Waals surface area contributed by atoms with Crippen LogP contribution in [0.4, 0.5) is 0 Å². The number of amides is 2. The van der Waals surface area contributed by atoms with Crippen LogP contribution in [0.5, 0.6) is 0 Å². The van der Waals surface area contributed by atoms with E-state index in [1.807, 2.05) is 0 Å². The lowest BCUT2D eigenvalue weighted by Gasteiger charge is -2.51. The average molecular weight is 310 g/mol. The number of nitrogens with zero attached hydrogens (tertiary/aromatic N) is 1. The number of carbonyl (C=O) groups excluding carboxylic acids is 2. The van der Waals surface area contributed by atoms with E-state index >= 15 is 0 Å². The molecule has 3 rings (SSSR count). The lowest BCUT2D eigenvalue weighted by atomic mass is 9.67. The van der Waals surface area contributed by atoms with Crippen LogP contribution in [0.15, 0.2) is 0 Å². The maximum Gasteiger partial charge on any atom is 0.240 e.